The molecule has 0 aromatic heterocycles. The van der Waals surface area contributed by atoms with E-state index >= 15 is 0 Å². The Hall–Kier alpha value is -1.20. The molecule has 0 spiro atoms. The van der Waals surface area contributed by atoms with Gasteiger partial charge >= 0.3 is 5.97 Å². The lowest BCUT2D eigenvalue weighted by molar-refractivity contribution is -0.162. The van der Waals surface area contributed by atoms with Crippen LogP contribution in [0.1, 0.15) is 60.8 Å². The fourth-order valence-electron chi connectivity index (χ4n) is 3.46. The third-order valence-corrected chi connectivity index (χ3v) is 5.58. The number of hydrogen-bond acceptors (Lipinski definition) is 5. The van der Waals surface area contributed by atoms with Crippen LogP contribution >= 0.6 is 0 Å². The van der Waals surface area contributed by atoms with Gasteiger partial charge in [0.25, 0.3) is 0 Å². The minimum atomic E-state index is -0.992. The number of hydrogen-bond donors (Lipinski definition) is 2. The van der Waals surface area contributed by atoms with Gasteiger partial charge in [-0.2, -0.15) is 0 Å². The van der Waals surface area contributed by atoms with Crippen LogP contribution in [0.3, 0.4) is 0 Å². The van der Waals surface area contributed by atoms with Crippen LogP contribution in [0.15, 0.2) is 11.6 Å². The van der Waals surface area contributed by atoms with Gasteiger partial charge < -0.3 is 14.9 Å². The second kappa shape index (κ2) is 9.48. The van der Waals surface area contributed by atoms with Crippen LogP contribution in [-0.2, 0) is 14.3 Å². The Balaban J connectivity index is 3.15. The highest BCUT2D eigenvalue weighted by molar-refractivity contribution is 5.94. The molecule has 0 aromatic rings. The molecule has 1 heterocycles. The van der Waals surface area contributed by atoms with Crippen molar-refractivity contribution in [2.75, 3.05) is 0 Å². The lowest BCUT2D eigenvalue weighted by Gasteiger charge is -2.32. The molecule has 0 aromatic carbocycles. The average molecular weight is 354 g/mol. The number of carbonyl (C=O) groups excluding carboxylic acids is 2. The van der Waals surface area contributed by atoms with E-state index in [9.17, 15) is 19.8 Å². The van der Waals surface area contributed by atoms with Gasteiger partial charge in [0.15, 0.2) is 5.78 Å². The van der Waals surface area contributed by atoms with Crippen molar-refractivity contribution >= 4 is 11.8 Å². The number of aliphatic hydroxyl groups excluding tert-OH is 2. The van der Waals surface area contributed by atoms with Gasteiger partial charge in [0.2, 0.25) is 0 Å². The quantitative estimate of drug-likeness (QED) is 0.708. The number of rotatable bonds is 1. The molecule has 1 aliphatic heterocycles. The van der Waals surface area contributed by atoms with Crippen LogP contribution in [0.2, 0.25) is 0 Å². The van der Waals surface area contributed by atoms with E-state index in [1.54, 1.807) is 20.8 Å². The summed E-state index contributed by atoms with van der Waals surface area (Å²) < 4.78 is 5.60. The molecule has 0 aliphatic carbocycles. The molecule has 0 radical (unpaired) electrons. The Kier molecular flexibility index (Phi) is 8.29. The molecule has 0 bridgehead atoms. The summed E-state index contributed by atoms with van der Waals surface area (Å²) in [7, 11) is 0. The minimum Gasteiger partial charge on any atom is -0.461 e. The highest BCUT2D eigenvalue weighted by atomic mass is 16.5. The first kappa shape index (κ1) is 21.8. The topological polar surface area (TPSA) is 83.8 Å². The Bertz CT molecular complexity index is 498. The maximum Gasteiger partial charge on any atom is 0.311 e. The summed E-state index contributed by atoms with van der Waals surface area (Å²) in [5.41, 5.74) is 0.668. The highest BCUT2D eigenvalue weighted by Gasteiger charge is 2.35. The van der Waals surface area contributed by atoms with Crippen molar-refractivity contribution in [2.45, 2.75) is 79.1 Å². The fraction of sp³-hybridized carbons (Fsp3) is 0.800. The molecular weight excluding hydrogens is 320 g/mol. The molecule has 0 fully saturated rings. The predicted molar refractivity (Wildman–Crippen MR) is 96.8 cm³/mol. The largest absolute Gasteiger partial charge is 0.461 e. The second-order valence-electron chi connectivity index (χ2n) is 7.66. The first-order valence-corrected chi connectivity index (χ1v) is 9.38. The van der Waals surface area contributed by atoms with Crippen LogP contribution in [0.5, 0.6) is 0 Å². The lowest BCUT2D eigenvalue weighted by Crippen LogP contribution is -2.41. The zero-order chi connectivity index (χ0) is 19.3. The molecule has 0 unspecified atom stereocenters. The first-order chi connectivity index (χ1) is 11.6. The van der Waals surface area contributed by atoms with Gasteiger partial charge in [-0.3, -0.25) is 9.59 Å². The van der Waals surface area contributed by atoms with Crippen molar-refractivity contribution < 1.29 is 24.5 Å². The van der Waals surface area contributed by atoms with Crippen molar-refractivity contribution in [3.8, 4) is 0 Å². The molecule has 5 nitrogen and oxygen atoms in total. The summed E-state index contributed by atoms with van der Waals surface area (Å²) in [5.74, 6) is -1.84. The van der Waals surface area contributed by atoms with Crippen molar-refractivity contribution in [3.63, 3.8) is 0 Å². The molecule has 0 amide bonds. The number of aliphatic hydroxyl groups is 2. The standard InChI is InChI=1S/C20H34O5/c1-7-17-13(4)10-12(3)16(21)9-8-11(2)18(22)14(5)19(23)15(6)20(24)25-17/h10-11,13-15,17-19,22-23H,7-9H2,1-6H3/b12-10+/t11-,13+,14+,15+,17+,18-,19-/m0/s1. The molecule has 1 aliphatic rings. The van der Waals surface area contributed by atoms with Gasteiger partial charge in [-0.1, -0.05) is 33.8 Å². The monoisotopic (exact) mass is 354 g/mol. The van der Waals surface area contributed by atoms with Crippen molar-refractivity contribution in [1.82, 2.24) is 0 Å². The number of esters is 1. The summed E-state index contributed by atoms with van der Waals surface area (Å²) >= 11 is 0. The highest BCUT2D eigenvalue weighted by Crippen LogP contribution is 2.27. The average Bonchev–Trinajstić information content (AvgIpc) is 2.59. The van der Waals surface area contributed by atoms with E-state index in [2.05, 4.69) is 0 Å². The van der Waals surface area contributed by atoms with Gasteiger partial charge in [0, 0.05) is 18.3 Å². The fourth-order valence-corrected chi connectivity index (χ4v) is 3.46. The summed E-state index contributed by atoms with van der Waals surface area (Å²) in [6.07, 6.45) is 1.28. The Labute approximate surface area is 151 Å². The van der Waals surface area contributed by atoms with Crippen LogP contribution < -0.4 is 0 Å². The number of cyclic esters (lactones) is 1. The zero-order valence-electron chi connectivity index (χ0n) is 16.4. The van der Waals surface area contributed by atoms with E-state index in [0.29, 0.717) is 24.8 Å². The Morgan fingerprint density at radius 3 is 2.28 bits per heavy atom. The number of carbonyl (C=O) groups is 2. The zero-order valence-corrected chi connectivity index (χ0v) is 16.4. The van der Waals surface area contributed by atoms with E-state index in [0.717, 1.165) is 0 Å². The smallest absolute Gasteiger partial charge is 0.311 e. The predicted octanol–water partition coefficient (Wildman–Crippen LogP) is 2.88. The third kappa shape index (κ3) is 5.65. The lowest BCUT2D eigenvalue weighted by atomic mass is 9.82. The minimum absolute atomic E-state index is 0.0470. The molecular formula is C20H34O5. The maximum absolute atomic E-state index is 12.4. The molecule has 0 saturated carbocycles. The van der Waals surface area contributed by atoms with Gasteiger partial charge in [-0.05, 0) is 38.2 Å². The Morgan fingerprint density at radius 1 is 1.12 bits per heavy atom. The van der Waals surface area contributed by atoms with Crippen LogP contribution in [0.4, 0.5) is 0 Å². The normalized spacial score (nSPS) is 41.4. The van der Waals surface area contributed by atoms with Gasteiger partial charge in [0.1, 0.15) is 6.10 Å². The SMILES string of the molecule is CC[C@H]1OC(=O)[C@H](C)[C@@H](O)[C@H](C)[C@@H](O)[C@@H](C)CCC(=O)/C(C)=C/[C@H]1C. The van der Waals surface area contributed by atoms with Crippen LogP contribution in [0, 0.1) is 23.7 Å². The van der Waals surface area contributed by atoms with Crippen LogP contribution in [0.25, 0.3) is 0 Å². The van der Waals surface area contributed by atoms with Gasteiger partial charge in [-0.15, -0.1) is 0 Å². The molecule has 2 N–H and O–H groups in total. The molecule has 144 valence electrons. The third-order valence-electron chi connectivity index (χ3n) is 5.58. The van der Waals surface area contributed by atoms with Gasteiger partial charge in [-0.25, -0.2) is 0 Å². The molecule has 0 saturated heterocycles. The van der Waals surface area contributed by atoms with Crippen molar-refractivity contribution in [1.29, 1.82) is 0 Å². The van der Waals surface area contributed by atoms with E-state index in [1.165, 1.54) is 0 Å². The second-order valence-corrected chi connectivity index (χ2v) is 7.66. The Morgan fingerprint density at radius 2 is 1.72 bits per heavy atom. The number of ketones is 1. The molecule has 7 atom stereocenters. The molecule has 1 rings (SSSR count). The number of ether oxygens (including phenoxy) is 1. The van der Waals surface area contributed by atoms with Gasteiger partial charge in [0.05, 0.1) is 18.1 Å². The summed E-state index contributed by atoms with van der Waals surface area (Å²) in [5, 5.41) is 21.0. The summed E-state index contributed by atoms with van der Waals surface area (Å²) in [6.45, 7) is 10.9. The summed E-state index contributed by atoms with van der Waals surface area (Å²) in [4.78, 5) is 24.8. The number of Topliss-reactive ketones (excluding diaryl/α,β-unsaturated/α-hetero) is 1. The van der Waals surface area contributed by atoms with E-state index < -0.39 is 30.0 Å². The van der Waals surface area contributed by atoms with E-state index in [4.69, 9.17) is 4.74 Å². The van der Waals surface area contributed by atoms with E-state index in [-0.39, 0.29) is 23.7 Å². The van der Waals surface area contributed by atoms with Crippen molar-refractivity contribution in [3.05, 3.63) is 11.6 Å². The van der Waals surface area contributed by atoms with Crippen LogP contribution in [-0.4, -0.2) is 40.3 Å². The molecule has 25 heavy (non-hydrogen) atoms. The molecule has 5 heteroatoms. The van der Waals surface area contributed by atoms with Crippen molar-refractivity contribution in [2.24, 2.45) is 23.7 Å². The maximum atomic E-state index is 12.4. The summed E-state index contributed by atoms with van der Waals surface area (Å²) in [6, 6.07) is 0. The number of allylic oxidation sites excluding steroid dienone is 1. The first-order valence-electron chi connectivity index (χ1n) is 9.38. The van der Waals surface area contributed by atoms with E-state index in [1.807, 2.05) is 26.8 Å².